The van der Waals surface area contributed by atoms with Gasteiger partial charge in [0.2, 0.25) is 11.8 Å². The number of sulfonamides is 1. The summed E-state index contributed by atoms with van der Waals surface area (Å²) in [6.07, 6.45) is 0.260. The van der Waals surface area contributed by atoms with Crippen molar-refractivity contribution in [3.8, 4) is 0 Å². The van der Waals surface area contributed by atoms with E-state index in [1.54, 1.807) is 36.4 Å². The molecule has 2 amide bonds. The van der Waals surface area contributed by atoms with Gasteiger partial charge in [0.1, 0.15) is 12.6 Å². The summed E-state index contributed by atoms with van der Waals surface area (Å²) in [5, 5.41) is 3.01. The zero-order chi connectivity index (χ0) is 32.6. The first-order chi connectivity index (χ1) is 21.4. The third kappa shape index (κ3) is 9.51. The van der Waals surface area contributed by atoms with Crippen LogP contribution in [0.2, 0.25) is 0 Å². The molecular formula is C35H37Br2N3O4S. The van der Waals surface area contributed by atoms with Crippen LogP contribution >= 0.6 is 31.9 Å². The summed E-state index contributed by atoms with van der Waals surface area (Å²) in [6.45, 7) is 5.93. The fourth-order valence-corrected chi connectivity index (χ4v) is 6.68. The average Bonchev–Trinajstić information content (AvgIpc) is 3.02. The fraction of sp³-hybridized carbons (Fsp3) is 0.257. The van der Waals surface area contributed by atoms with E-state index in [-0.39, 0.29) is 29.7 Å². The van der Waals surface area contributed by atoms with Crippen LogP contribution in [-0.2, 0) is 32.6 Å². The van der Waals surface area contributed by atoms with Crippen molar-refractivity contribution in [2.45, 2.75) is 44.7 Å². The number of halogens is 2. The zero-order valence-corrected chi connectivity index (χ0v) is 29.5. The number of anilines is 1. The van der Waals surface area contributed by atoms with E-state index < -0.39 is 28.5 Å². The van der Waals surface area contributed by atoms with Gasteiger partial charge in [0.05, 0.1) is 10.6 Å². The third-order valence-electron chi connectivity index (χ3n) is 7.22. The number of carbonyl (C=O) groups is 2. The van der Waals surface area contributed by atoms with Crippen molar-refractivity contribution in [1.29, 1.82) is 0 Å². The van der Waals surface area contributed by atoms with Gasteiger partial charge in [0.15, 0.2) is 0 Å². The van der Waals surface area contributed by atoms with Gasteiger partial charge < -0.3 is 10.2 Å². The molecule has 0 fully saturated rings. The highest BCUT2D eigenvalue weighted by Gasteiger charge is 2.34. The Kier molecular flexibility index (Phi) is 12.0. The van der Waals surface area contributed by atoms with E-state index in [2.05, 4.69) is 37.2 Å². The molecule has 0 aromatic heterocycles. The summed E-state index contributed by atoms with van der Waals surface area (Å²) in [6, 6.07) is 29.4. The number of amides is 2. The van der Waals surface area contributed by atoms with Crippen LogP contribution in [0.15, 0.2) is 117 Å². The molecule has 0 aliphatic heterocycles. The van der Waals surface area contributed by atoms with Gasteiger partial charge in [0, 0.05) is 28.5 Å². The molecule has 0 aliphatic rings. The van der Waals surface area contributed by atoms with Gasteiger partial charge in [-0.25, -0.2) is 8.42 Å². The topological polar surface area (TPSA) is 86.8 Å². The molecule has 0 spiro atoms. The van der Waals surface area contributed by atoms with Crippen LogP contribution in [0.25, 0.3) is 0 Å². The van der Waals surface area contributed by atoms with Crippen LogP contribution in [-0.4, -0.2) is 44.3 Å². The minimum absolute atomic E-state index is 0.0683. The molecule has 0 saturated heterocycles. The van der Waals surface area contributed by atoms with Crippen molar-refractivity contribution in [1.82, 2.24) is 10.2 Å². The van der Waals surface area contributed by atoms with Crippen LogP contribution in [0.3, 0.4) is 0 Å². The molecule has 7 nitrogen and oxygen atoms in total. The normalized spacial score (nSPS) is 12.0. The highest BCUT2D eigenvalue weighted by Crippen LogP contribution is 2.27. The fourth-order valence-electron chi connectivity index (χ4n) is 4.74. The number of hydrogen-bond donors (Lipinski definition) is 1. The van der Waals surface area contributed by atoms with E-state index in [1.165, 1.54) is 17.0 Å². The highest BCUT2D eigenvalue weighted by atomic mass is 79.9. The molecule has 45 heavy (non-hydrogen) atoms. The molecule has 0 radical (unpaired) electrons. The van der Waals surface area contributed by atoms with Gasteiger partial charge in [-0.3, -0.25) is 13.9 Å². The van der Waals surface area contributed by atoms with Crippen molar-refractivity contribution in [3.05, 3.63) is 129 Å². The quantitative estimate of drug-likeness (QED) is 0.158. The maximum atomic E-state index is 14.5. The van der Waals surface area contributed by atoms with Crippen LogP contribution in [0.5, 0.6) is 0 Å². The molecule has 1 N–H and O–H groups in total. The predicted octanol–water partition coefficient (Wildman–Crippen LogP) is 7.13. The Hall–Kier alpha value is -3.47. The molecule has 10 heteroatoms. The monoisotopic (exact) mass is 753 g/mol. The Morgan fingerprint density at radius 2 is 1.36 bits per heavy atom. The molecule has 0 bridgehead atoms. The number of rotatable bonds is 13. The van der Waals surface area contributed by atoms with E-state index in [4.69, 9.17) is 0 Å². The number of nitrogens with one attached hydrogen (secondary N) is 1. The van der Waals surface area contributed by atoms with E-state index in [1.807, 2.05) is 75.4 Å². The first kappa shape index (κ1) is 34.4. The van der Waals surface area contributed by atoms with Gasteiger partial charge in [-0.05, 0) is 72.5 Å². The lowest BCUT2D eigenvalue weighted by Crippen LogP contribution is -2.53. The second-order valence-corrected chi connectivity index (χ2v) is 15.0. The Morgan fingerprint density at radius 3 is 1.93 bits per heavy atom. The summed E-state index contributed by atoms with van der Waals surface area (Å²) < 4.78 is 31.0. The van der Waals surface area contributed by atoms with Crippen LogP contribution in [0.1, 0.15) is 30.5 Å². The molecule has 0 saturated carbocycles. The zero-order valence-electron chi connectivity index (χ0n) is 25.5. The van der Waals surface area contributed by atoms with Crippen LogP contribution in [0, 0.1) is 12.8 Å². The first-order valence-corrected chi connectivity index (χ1v) is 17.7. The lowest BCUT2D eigenvalue weighted by Gasteiger charge is -2.34. The number of benzene rings is 4. The molecule has 1 atom stereocenters. The Bertz CT molecular complexity index is 1680. The van der Waals surface area contributed by atoms with Crippen molar-refractivity contribution in [2.75, 3.05) is 17.4 Å². The number of aryl methyl sites for hydroxylation is 1. The summed E-state index contributed by atoms with van der Waals surface area (Å²) >= 11 is 6.88. The molecule has 4 aromatic carbocycles. The Balaban J connectivity index is 1.79. The second kappa shape index (κ2) is 15.7. The highest BCUT2D eigenvalue weighted by molar-refractivity contribution is 9.10. The van der Waals surface area contributed by atoms with Crippen LogP contribution < -0.4 is 9.62 Å². The van der Waals surface area contributed by atoms with Gasteiger partial charge in [0.25, 0.3) is 10.0 Å². The first-order valence-electron chi connectivity index (χ1n) is 14.6. The number of carbonyl (C=O) groups excluding carboxylic acids is 2. The second-order valence-electron chi connectivity index (χ2n) is 11.3. The van der Waals surface area contributed by atoms with Crippen molar-refractivity contribution in [3.63, 3.8) is 0 Å². The standard InChI is InChI=1S/C35H37Br2N3O4S/c1-25(2)22-38-35(42)33(21-27-7-5-4-6-8-27)39(23-28-11-13-29(36)14-12-28)34(41)24-40(31-17-15-30(37)16-18-31)45(43,44)32-19-9-26(3)10-20-32/h4-20,25,33H,21-24H2,1-3H3,(H,38,42)/t33-/m1/s1. The summed E-state index contributed by atoms with van der Waals surface area (Å²) in [7, 11) is -4.15. The molecule has 0 unspecified atom stereocenters. The van der Waals surface area contributed by atoms with Gasteiger partial charge in [-0.1, -0.05) is 106 Å². The predicted molar refractivity (Wildman–Crippen MR) is 186 cm³/mol. The van der Waals surface area contributed by atoms with E-state index in [0.29, 0.717) is 12.2 Å². The maximum Gasteiger partial charge on any atom is 0.264 e. The van der Waals surface area contributed by atoms with E-state index in [0.717, 1.165) is 29.9 Å². The molecule has 0 heterocycles. The van der Waals surface area contributed by atoms with Gasteiger partial charge >= 0.3 is 0 Å². The molecule has 0 aliphatic carbocycles. The van der Waals surface area contributed by atoms with Crippen molar-refractivity contribution in [2.24, 2.45) is 5.92 Å². The van der Waals surface area contributed by atoms with E-state index in [9.17, 15) is 18.0 Å². The largest absolute Gasteiger partial charge is 0.354 e. The van der Waals surface area contributed by atoms with Crippen molar-refractivity contribution >= 4 is 59.4 Å². The Labute approximate surface area is 283 Å². The van der Waals surface area contributed by atoms with Gasteiger partial charge in [-0.2, -0.15) is 0 Å². The molecule has 236 valence electrons. The summed E-state index contributed by atoms with van der Waals surface area (Å²) in [5.74, 6) is -0.596. The summed E-state index contributed by atoms with van der Waals surface area (Å²) in [4.78, 5) is 29.9. The minimum Gasteiger partial charge on any atom is -0.354 e. The lowest BCUT2D eigenvalue weighted by molar-refractivity contribution is -0.140. The average molecular weight is 756 g/mol. The Morgan fingerprint density at radius 1 is 0.778 bits per heavy atom. The third-order valence-corrected chi connectivity index (χ3v) is 10.1. The molecular weight excluding hydrogens is 718 g/mol. The minimum atomic E-state index is -4.15. The SMILES string of the molecule is Cc1ccc(S(=O)(=O)N(CC(=O)N(Cc2ccc(Br)cc2)[C@H](Cc2ccccc2)C(=O)NCC(C)C)c2ccc(Br)cc2)cc1. The van der Waals surface area contributed by atoms with Gasteiger partial charge in [-0.15, -0.1) is 0 Å². The summed E-state index contributed by atoms with van der Waals surface area (Å²) in [5.41, 5.74) is 2.93. The molecule has 4 rings (SSSR count). The lowest BCUT2D eigenvalue weighted by atomic mass is 10.0. The van der Waals surface area contributed by atoms with Crippen molar-refractivity contribution < 1.29 is 18.0 Å². The van der Waals surface area contributed by atoms with E-state index >= 15 is 0 Å². The number of nitrogens with zero attached hydrogens (tertiary/aromatic N) is 2. The molecule has 4 aromatic rings. The smallest absolute Gasteiger partial charge is 0.264 e. The van der Waals surface area contributed by atoms with Crippen LogP contribution in [0.4, 0.5) is 5.69 Å². The number of hydrogen-bond acceptors (Lipinski definition) is 4. The maximum absolute atomic E-state index is 14.5.